The van der Waals surface area contributed by atoms with E-state index < -0.39 is 16.1 Å². The first-order valence-electron chi connectivity index (χ1n) is 6.91. The first-order chi connectivity index (χ1) is 9.82. The molecule has 0 aliphatic heterocycles. The summed E-state index contributed by atoms with van der Waals surface area (Å²) < 4.78 is 26.5. The molecule has 7 heteroatoms. The third-order valence-electron chi connectivity index (χ3n) is 2.82. The average Bonchev–Trinajstić information content (AvgIpc) is 2.39. The number of aliphatic hydroxyl groups is 1. The summed E-state index contributed by atoms with van der Waals surface area (Å²) in [5, 5.41) is 9.22. The minimum atomic E-state index is -3.37. The molecule has 1 unspecified atom stereocenters. The van der Waals surface area contributed by atoms with Gasteiger partial charge in [-0.25, -0.2) is 13.1 Å². The maximum absolute atomic E-state index is 12.0. The van der Waals surface area contributed by atoms with Gasteiger partial charge in [-0.15, -0.1) is 11.8 Å². The van der Waals surface area contributed by atoms with Gasteiger partial charge in [-0.05, 0) is 36.6 Å². The third kappa shape index (κ3) is 7.71. The number of hydrogen-bond donors (Lipinski definition) is 3. The lowest BCUT2D eigenvalue weighted by atomic mass is 10.1. The van der Waals surface area contributed by atoms with Gasteiger partial charge in [0.2, 0.25) is 10.0 Å². The average molecular weight is 332 g/mol. The van der Waals surface area contributed by atoms with Crippen LogP contribution in [0.5, 0.6) is 0 Å². The van der Waals surface area contributed by atoms with Crippen LogP contribution in [0, 0.1) is 5.92 Å². The molecule has 5 nitrogen and oxygen atoms in total. The highest BCUT2D eigenvalue weighted by Gasteiger charge is 2.18. The number of nitrogens with one attached hydrogen (secondary N) is 1. The van der Waals surface area contributed by atoms with Crippen molar-refractivity contribution in [2.45, 2.75) is 31.2 Å². The summed E-state index contributed by atoms with van der Waals surface area (Å²) in [6, 6.07) is 6.92. The Morgan fingerprint density at radius 1 is 1.29 bits per heavy atom. The quantitative estimate of drug-likeness (QED) is 0.473. The maximum atomic E-state index is 12.0. The Kier molecular flexibility index (Phi) is 7.51. The van der Waals surface area contributed by atoms with E-state index in [1.165, 1.54) is 11.8 Å². The molecule has 0 aromatic heterocycles. The fourth-order valence-electron chi connectivity index (χ4n) is 1.88. The largest absolute Gasteiger partial charge is 0.399 e. The summed E-state index contributed by atoms with van der Waals surface area (Å²) in [5.74, 6) is 0.810. The summed E-state index contributed by atoms with van der Waals surface area (Å²) in [7, 11) is -3.37. The molecule has 0 saturated heterocycles. The Balaban J connectivity index is 2.43. The molecule has 1 rings (SSSR count). The Labute approximate surface area is 131 Å². The highest BCUT2D eigenvalue weighted by atomic mass is 32.2. The lowest BCUT2D eigenvalue weighted by molar-refractivity contribution is 0.240. The molecule has 1 aromatic carbocycles. The van der Waals surface area contributed by atoms with Gasteiger partial charge >= 0.3 is 0 Å². The summed E-state index contributed by atoms with van der Waals surface area (Å²) >= 11 is 1.47. The highest BCUT2D eigenvalue weighted by Crippen LogP contribution is 2.19. The summed E-state index contributed by atoms with van der Waals surface area (Å²) in [5.41, 5.74) is 6.28. The number of rotatable bonds is 9. The van der Waals surface area contributed by atoms with Crippen molar-refractivity contribution >= 4 is 27.5 Å². The van der Waals surface area contributed by atoms with E-state index in [0.717, 1.165) is 4.90 Å². The molecule has 4 N–H and O–H groups in total. The fourth-order valence-corrected chi connectivity index (χ4v) is 4.45. The Bertz CT molecular complexity index is 516. The Hall–Kier alpha value is -0.760. The van der Waals surface area contributed by atoms with Crippen molar-refractivity contribution in [2.75, 3.05) is 23.8 Å². The third-order valence-corrected chi connectivity index (χ3v) is 5.53. The molecule has 0 aliphatic carbocycles. The first kappa shape index (κ1) is 18.3. The maximum Gasteiger partial charge on any atom is 0.212 e. The van der Waals surface area contributed by atoms with Gasteiger partial charge in [0.25, 0.3) is 0 Å². The molecular weight excluding hydrogens is 308 g/mol. The fraction of sp³-hybridized carbons (Fsp3) is 0.571. The van der Waals surface area contributed by atoms with Crippen LogP contribution in [0.3, 0.4) is 0 Å². The number of nitrogens with two attached hydrogens (primary N) is 1. The molecule has 0 heterocycles. The van der Waals surface area contributed by atoms with Crippen LogP contribution < -0.4 is 10.5 Å². The molecule has 0 amide bonds. The summed E-state index contributed by atoms with van der Waals surface area (Å²) in [6.07, 6.45) is 0.626. The van der Waals surface area contributed by atoms with Crippen LogP contribution in [0.25, 0.3) is 0 Å². The molecule has 120 valence electrons. The molecule has 0 aliphatic rings. The second-order valence-electron chi connectivity index (χ2n) is 5.36. The number of sulfonamides is 1. The number of benzene rings is 1. The van der Waals surface area contributed by atoms with E-state index in [0.29, 0.717) is 23.8 Å². The van der Waals surface area contributed by atoms with Gasteiger partial charge in [-0.1, -0.05) is 13.8 Å². The van der Waals surface area contributed by atoms with Crippen LogP contribution in [0.15, 0.2) is 29.2 Å². The van der Waals surface area contributed by atoms with E-state index in [4.69, 9.17) is 5.73 Å². The molecule has 0 saturated carbocycles. The van der Waals surface area contributed by atoms with Gasteiger partial charge in [0.1, 0.15) is 0 Å². The van der Waals surface area contributed by atoms with Crippen molar-refractivity contribution < 1.29 is 13.5 Å². The minimum Gasteiger partial charge on any atom is -0.399 e. The number of hydrogen-bond acceptors (Lipinski definition) is 5. The molecule has 0 spiro atoms. The van der Waals surface area contributed by atoms with Crippen molar-refractivity contribution in [3.05, 3.63) is 24.3 Å². The van der Waals surface area contributed by atoms with E-state index in [1.807, 2.05) is 26.0 Å². The zero-order chi connectivity index (χ0) is 15.9. The molecule has 1 atom stereocenters. The molecule has 0 fully saturated rings. The minimum absolute atomic E-state index is 0.0244. The molecular formula is C14H24N2O3S2. The predicted molar refractivity (Wildman–Crippen MR) is 88.8 cm³/mol. The van der Waals surface area contributed by atoms with Crippen LogP contribution in [0.1, 0.15) is 20.3 Å². The first-order valence-corrected chi connectivity index (χ1v) is 9.55. The van der Waals surface area contributed by atoms with Crippen molar-refractivity contribution in [3.8, 4) is 0 Å². The van der Waals surface area contributed by atoms with Gasteiger partial charge in [0.15, 0.2) is 0 Å². The topological polar surface area (TPSA) is 92.4 Å². The second-order valence-corrected chi connectivity index (χ2v) is 8.41. The van der Waals surface area contributed by atoms with E-state index >= 15 is 0 Å². The van der Waals surface area contributed by atoms with Gasteiger partial charge in [-0.2, -0.15) is 0 Å². The number of nitrogen functional groups attached to an aromatic ring is 1. The molecule has 1 aromatic rings. The van der Waals surface area contributed by atoms with Gasteiger partial charge in [0, 0.05) is 22.4 Å². The van der Waals surface area contributed by atoms with E-state index in [2.05, 4.69) is 4.72 Å². The molecule has 0 radical (unpaired) electrons. The standard InChI is InChI=1S/C14H24N2O3S2/c1-11(2)9-13(10-17)16-21(18,19)8-7-20-14-5-3-12(15)4-6-14/h3-6,11,13,16-17H,7-10,15H2,1-2H3. The SMILES string of the molecule is CC(C)CC(CO)NS(=O)(=O)CCSc1ccc(N)cc1. The van der Waals surface area contributed by atoms with Crippen molar-refractivity contribution in [2.24, 2.45) is 5.92 Å². The van der Waals surface area contributed by atoms with Crippen molar-refractivity contribution in [3.63, 3.8) is 0 Å². The smallest absolute Gasteiger partial charge is 0.212 e. The normalized spacial score (nSPS) is 13.5. The highest BCUT2D eigenvalue weighted by molar-refractivity contribution is 8.00. The molecule has 21 heavy (non-hydrogen) atoms. The zero-order valence-electron chi connectivity index (χ0n) is 12.5. The summed E-state index contributed by atoms with van der Waals surface area (Å²) in [6.45, 7) is 3.81. The van der Waals surface area contributed by atoms with Gasteiger partial charge < -0.3 is 10.8 Å². The molecule has 0 bridgehead atoms. The van der Waals surface area contributed by atoms with Crippen LogP contribution in [-0.2, 0) is 10.0 Å². The van der Waals surface area contributed by atoms with Gasteiger partial charge in [0.05, 0.1) is 12.4 Å². The number of anilines is 1. The van der Waals surface area contributed by atoms with Crippen molar-refractivity contribution in [1.82, 2.24) is 4.72 Å². The Morgan fingerprint density at radius 3 is 2.43 bits per heavy atom. The van der Waals surface area contributed by atoms with Crippen molar-refractivity contribution in [1.29, 1.82) is 0 Å². The Morgan fingerprint density at radius 2 is 1.90 bits per heavy atom. The van der Waals surface area contributed by atoms with Crippen LogP contribution in [0.2, 0.25) is 0 Å². The van der Waals surface area contributed by atoms with Crippen LogP contribution >= 0.6 is 11.8 Å². The van der Waals surface area contributed by atoms with Crippen LogP contribution in [0.4, 0.5) is 5.69 Å². The second kappa shape index (κ2) is 8.63. The predicted octanol–water partition coefficient (Wildman–Crippen LogP) is 1.69. The van der Waals surface area contributed by atoms with Crippen LogP contribution in [-0.4, -0.2) is 37.7 Å². The summed E-state index contributed by atoms with van der Waals surface area (Å²) in [4.78, 5) is 0.986. The monoisotopic (exact) mass is 332 g/mol. The lowest BCUT2D eigenvalue weighted by Crippen LogP contribution is -2.40. The van der Waals surface area contributed by atoms with E-state index in [-0.39, 0.29) is 12.4 Å². The zero-order valence-corrected chi connectivity index (χ0v) is 14.1. The van der Waals surface area contributed by atoms with Gasteiger partial charge in [-0.3, -0.25) is 0 Å². The van der Waals surface area contributed by atoms with E-state index in [1.54, 1.807) is 12.1 Å². The van der Waals surface area contributed by atoms with E-state index in [9.17, 15) is 13.5 Å². The number of aliphatic hydroxyl groups excluding tert-OH is 1. The number of thioether (sulfide) groups is 1. The lowest BCUT2D eigenvalue weighted by Gasteiger charge is -2.18.